The highest BCUT2D eigenvalue weighted by molar-refractivity contribution is 7.89. The molecule has 0 heterocycles. The van der Waals surface area contributed by atoms with Gasteiger partial charge >= 0.3 is 0 Å². The average Bonchev–Trinajstić information content (AvgIpc) is 2.47. The Bertz CT molecular complexity index is 715. The van der Waals surface area contributed by atoms with Crippen molar-refractivity contribution < 1.29 is 13.2 Å². The Hall–Kier alpha value is -2.05. The number of methoxy groups -OCH3 is 1. The van der Waals surface area contributed by atoms with Crippen LogP contribution < -0.4 is 10.5 Å². The number of sulfonamides is 1. The van der Waals surface area contributed by atoms with Crippen LogP contribution in [0.3, 0.4) is 0 Å². The SMILES string of the molecule is COc1ccc(S(=O)(=O)N(C)Cc2ccccc2)c(N)c1. The van der Waals surface area contributed by atoms with Gasteiger partial charge in [0.15, 0.2) is 0 Å². The smallest absolute Gasteiger partial charge is 0.245 e. The predicted molar refractivity (Wildman–Crippen MR) is 82.5 cm³/mol. The molecule has 5 nitrogen and oxygen atoms in total. The number of anilines is 1. The van der Waals surface area contributed by atoms with Gasteiger partial charge in [-0.3, -0.25) is 0 Å². The summed E-state index contributed by atoms with van der Waals surface area (Å²) in [4.78, 5) is 0.0849. The molecular weight excluding hydrogens is 288 g/mol. The van der Waals surface area contributed by atoms with Crippen LogP contribution in [0.15, 0.2) is 53.4 Å². The van der Waals surface area contributed by atoms with Crippen LogP contribution in [0, 0.1) is 0 Å². The molecule has 2 N–H and O–H groups in total. The van der Waals surface area contributed by atoms with E-state index in [-0.39, 0.29) is 17.1 Å². The molecule has 2 aromatic carbocycles. The van der Waals surface area contributed by atoms with Gasteiger partial charge in [0.2, 0.25) is 10.0 Å². The number of nitrogen functional groups attached to an aromatic ring is 1. The summed E-state index contributed by atoms with van der Waals surface area (Å²) in [6, 6.07) is 13.9. The van der Waals surface area contributed by atoms with E-state index in [2.05, 4.69) is 0 Å². The lowest BCUT2D eigenvalue weighted by atomic mass is 10.2. The Morgan fingerprint density at radius 2 is 1.81 bits per heavy atom. The molecule has 6 heteroatoms. The van der Waals surface area contributed by atoms with Gasteiger partial charge in [0.1, 0.15) is 10.6 Å². The van der Waals surface area contributed by atoms with Crippen molar-refractivity contribution in [3.05, 3.63) is 54.1 Å². The van der Waals surface area contributed by atoms with Crippen LogP contribution in [-0.4, -0.2) is 26.9 Å². The van der Waals surface area contributed by atoms with Crippen LogP contribution >= 0.6 is 0 Å². The van der Waals surface area contributed by atoms with Crippen molar-refractivity contribution in [3.8, 4) is 5.75 Å². The van der Waals surface area contributed by atoms with Crippen molar-refractivity contribution in [1.82, 2.24) is 4.31 Å². The highest BCUT2D eigenvalue weighted by atomic mass is 32.2. The molecule has 0 spiro atoms. The summed E-state index contributed by atoms with van der Waals surface area (Å²) in [6.07, 6.45) is 0. The summed E-state index contributed by atoms with van der Waals surface area (Å²) in [7, 11) is -0.602. The lowest BCUT2D eigenvalue weighted by molar-refractivity contribution is 0.414. The number of nitrogens with zero attached hydrogens (tertiary/aromatic N) is 1. The van der Waals surface area contributed by atoms with E-state index in [0.29, 0.717) is 5.75 Å². The summed E-state index contributed by atoms with van der Waals surface area (Å²) in [6.45, 7) is 0.286. The van der Waals surface area contributed by atoms with Crippen LogP contribution in [0.1, 0.15) is 5.56 Å². The van der Waals surface area contributed by atoms with E-state index in [1.54, 1.807) is 6.07 Å². The van der Waals surface area contributed by atoms with Crippen LogP contribution in [0.2, 0.25) is 0 Å². The maximum atomic E-state index is 12.6. The predicted octanol–water partition coefficient (Wildman–Crippen LogP) is 2.10. The summed E-state index contributed by atoms with van der Waals surface area (Å²) < 4.78 is 31.4. The van der Waals surface area contributed by atoms with Gasteiger partial charge < -0.3 is 10.5 Å². The summed E-state index contributed by atoms with van der Waals surface area (Å²) in [5, 5.41) is 0. The molecular formula is C15H18N2O3S. The number of ether oxygens (including phenoxy) is 1. The summed E-state index contributed by atoms with van der Waals surface area (Å²) in [5.74, 6) is 0.525. The Balaban J connectivity index is 2.29. The van der Waals surface area contributed by atoms with Crippen LogP contribution in [0.5, 0.6) is 5.75 Å². The van der Waals surface area contributed by atoms with E-state index >= 15 is 0 Å². The number of benzene rings is 2. The quantitative estimate of drug-likeness (QED) is 0.859. The molecule has 2 rings (SSSR count). The van der Waals surface area contributed by atoms with Crippen molar-refractivity contribution >= 4 is 15.7 Å². The second-order valence-corrected chi connectivity index (χ2v) is 6.66. The standard InChI is InChI=1S/C15H18N2O3S/c1-17(11-12-6-4-3-5-7-12)21(18,19)15-9-8-13(20-2)10-14(15)16/h3-10H,11,16H2,1-2H3. The Morgan fingerprint density at radius 3 is 2.38 bits per heavy atom. The first-order valence-electron chi connectivity index (χ1n) is 6.39. The second-order valence-electron chi connectivity index (χ2n) is 4.65. The van der Waals surface area contributed by atoms with E-state index in [1.807, 2.05) is 30.3 Å². The normalized spacial score (nSPS) is 11.6. The van der Waals surface area contributed by atoms with E-state index in [9.17, 15) is 8.42 Å². The van der Waals surface area contributed by atoms with Gasteiger partial charge in [-0.1, -0.05) is 30.3 Å². The number of nitrogens with two attached hydrogens (primary N) is 1. The first-order chi connectivity index (χ1) is 9.95. The van der Waals surface area contributed by atoms with Gasteiger partial charge in [-0.25, -0.2) is 8.42 Å². The van der Waals surface area contributed by atoms with Gasteiger partial charge in [0.25, 0.3) is 0 Å². The molecule has 21 heavy (non-hydrogen) atoms. The zero-order valence-electron chi connectivity index (χ0n) is 12.0. The molecule has 0 aromatic heterocycles. The minimum Gasteiger partial charge on any atom is -0.497 e. The number of rotatable bonds is 5. The van der Waals surface area contributed by atoms with Gasteiger partial charge in [0, 0.05) is 19.7 Å². The molecule has 112 valence electrons. The molecule has 2 aromatic rings. The van der Waals surface area contributed by atoms with Gasteiger partial charge in [-0.2, -0.15) is 4.31 Å². The van der Waals surface area contributed by atoms with Crippen molar-refractivity contribution in [2.75, 3.05) is 19.9 Å². The van der Waals surface area contributed by atoms with Crippen molar-refractivity contribution in [1.29, 1.82) is 0 Å². The molecule has 0 bridgehead atoms. The minimum atomic E-state index is -3.64. The topological polar surface area (TPSA) is 72.6 Å². The first kappa shape index (κ1) is 15.3. The molecule has 0 aliphatic heterocycles. The molecule has 0 aliphatic carbocycles. The van der Waals surface area contributed by atoms with E-state index in [4.69, 9.17) is 10.5 Å². The molecule has 0 amide bonds. The minimum absolute atomic E-state index is 0.0849. The lowest BCUT2D eigenvalue weighted by Crippen LogP contribution is -2.27. The van der Waals surface area contributed by atoms with Crippen molar-refractivity contribution in [2.24, 2.45) is 0 Å². The molecule has 0 radical (unpaired) electrons. The molecule has 0 unspecified atom stereocenters. The fourth-order valence-electron chi connectivity index (χ4n) is 1.98. The van der Waals surface area contributed by atoms with Gasteiger partial charge in [-0.15, -0.1) is 0 Å². The van der Waals surface area contributed by atoms with E-state index in [1.165, 1.54) is 30.6 Å². The highest BCUT2D eigenvalue weighted by Gasteiger charge is 2.23. The van der Waals surface area contributed by atoms with Crippen LogP contribution in [-0.2, 0) is 16.6 Å². The maximum Gasteiger partial charge on any atom is 0.245 e. The zero-order chi connectivity index (χ0) is 15.5. The average molecular weight is 306 g/mol. The first-order valence-corrected chi connectivity index (χ1v) is 7.83. The van der Waals surface area contributed by atoms with E-state index < -0.39 is 10.0 Å². The second kappa shape index (κ2) is 6.15. The van der Waals surface area contributed by atoms with Gasteiger partial charge in [-0.05, 0) is 17.7 Å². The summed E-state index contributed by atoms with van der Waals surface area (Å²) >= 11 is 0. The number of hydrogen-bond acceptors (Lipinski definition) is 4. The zero-order valence-corrected chi connectivity index (χ0v) is 12.8. The fraction of sp³-hybridized carbons (Fsp3) is 0.200. The van der Waals surface area contributed by atoms with Crippen LogP contribution in [0.25, 0.3) is 0 Å². The Morgan fingerprint density at radius 1 is 1.14 bits per heavy atom. The van der Waals surface area contributed by atoms with Crippen LogP contribution in [0.4, 0.5) is 5.69 Å². The monoisotopic (exact) mass is 306 g/mol. The largest absolute Gasteiger partial charge is 0.497 e. The summed E-state index contributed by atoms with van der Waals surface area (Å²) in [5.41, 5.74) is 6.92. The Kier molecular flexibility index (Phi) is 4.50. The lowest BCUT2D eigenvalue weighted by Gasteiger charge is -2.18. The third-order valence-electron chi connectivity index (χ3n) is 3.15. The number of hydrogen-bond donors (Lipinski definition) is 1. The molecule has 0 aliphatic rings. The third-order valence-corrected chi connectivity index (χ3v) is 5.03. The maximum absolute atomic E-state index is 12.6. The van der Waals surface area contributed by atoms with Crippen molar-refractivity contribution in [2.45, 2.75) is 11.4 Å². The molecule has 0 saturated heterocycles. The fourth-order valence-corrected chi connectivity index (χ4v) is 3.23. The molecule has 0 saturated carbocycles. The highest BCUT2D eigenvalue weighted by Crippen LogP contribution is 2.26. The van der Waals surface area contributed by atoms with Crippen molar-refractivity contribution in [3.63, 3.8) is 0 Å². The van der Waals surface area contributed by atoms with E-state index in [0.717, 1.165) is 5.56 Å². The third kappa shape index (κ3) is 3.34. The molecule has 0 atom stereocenters. The Labute approximate surface area is 125 Å². The van der Waals surface area contributed by atoms with Gasteiger partial charge in [0.05, 0.1) is 12.8 Å². The molecule has 0 fully saturated rings.